The number of hydrogen-bond donors (Lipinski definition) is 0. The maximum Gasteiger partial charge on any atom is 0.127 e. The van der Waals surface area contributed by atoms with Crippen molar-refractivity contribution in [1.82, 2.24) is 0 Å². The van der Waals surface area contributed by atoms with Crippen molar-refractivity contribution in [1.29, 1.82) is 0 Å². The van der Waals surface area contributed by atoms with Gasteiger partial charge in [0.2, 0.25) is 0 Å². The van der Waals surface area contributed by atoms with E-state index in [1.165, 1.54) is 0 Å². The van der Waals surface area contributed by atoms with Crippen LogP contribution in [0.5, 0.6) is 0 Å². The minimum Gasteiger partial charge on any atom is -0.207 e. The van der Waals surface area contributed by atoms with Crippen molar-refractivity contribution in [3.8, 4) is 0 Å². The number of benzene rings is 1. The summed E-state index contributed by atoms with van der Waals surface area (Å²) in [7, 11) is 0. The summed E-state index contributed by atoms with van der Waals surface area (Å²) >= 11 is 5.00. The molecule has 0 N–H and O–H groups in total. The zero-order chi connectivity index (χ0) is 9.14. The molecule has 0 aliphatic rings. The average Bonchev–Trinajstić information content (AvgIpc) is 2.01. The smallest absolute Gasteiger partial charge is 0.127 e. The van der Waals surface area contributed by atoms with Crippen molar-refractivity contribution < 1.29 is 4.39 Å². The van der Waals surface area contributed by atoms with Gasteiger partial charge >= 0.3 is 0 Å². The summed E-state index contributed by atoms with van der Waals surface area (Å²) in [5.74, 6) is 0.620. The third-order valence-corrected chi connectivity index (χ3v) is 3.08. The van der Waals surface area contributed by atoms with Crippen LogP contribution in [0.2, 0.25) is 0 Å². The second kappa shape index (κ2) is 4.28. The van der Waals surface area contributed by atoms with E-state index in [0.29, 0.717) is 0 Å². The maximum atomic E-state index is 13.2. The third kappa shape index (κ3) is 2.23. The van der Waals surface area contributed by atoms with E-state index in [1.54, 1.807) is 17.8 Å². The van der Waals surface area contributed by atoms with Gasteiger partial charge in [0.15, 0.2) is 0 Å². The number of thioether (sulfide) groups is 1. The molecule has 66 valence electrons. The molecule has 12 heavy (non-hydrogen) atoms. The summed E-state index contributed by atoms with van der Waals surface area (Å²) in [6.45, 7) is 1.88. The summed E-state index contributed by atoms with van der Waals surface area (Å²) < 4.78 is 14.2. The molecular weight excluding hydrogens is 239 g/mol. The third-order valence-electron chi connectivity index (χ3n) is 1.63. The molecule has 1 rings (SSSR count). The molecule has 0 aliphatic heterocycles. The van der Waals surface area contributed by atoms with Crippen molar-refractivity contribution in [2.45, 2.75) is 12.7 Å². The van der Waals surface area contributed by atoms with Crippen LogP contribution in [-0.4, -0.2) is 6.26 Å². The number of rotatable bonds is 2. The molecule has 0 nitrogen and oxygen atoms in total. The van der Waals surface area contributed by atoms with Crippen molar-refractivity contribution in [3.05, 3.63) is 33.5 Å². The molecule has 0 bridgehead atoms. The van der Waals surface area contributed by atoms with E-state index in [-0.39, 0.29) is 5.82 Å². The van der Waals surface area contributed by atoms with Gasteiger partial charge in [-0.15, -0.1) is 0 Å². The first-order valence-electron chi connectivity index (χ1n) is 3.58. The number of aryl methyl sites for hydroxylation is 1. The lowest BCUT2D eigenvalue weighted by Gasteiger charge is -2.04. The van der Waals surface area contributed by atoms with Crippen LogP contribution in [0, 0.1) is 12.7 Å². The monoisotopic (exact) mass is 248 g/mol. The lowest BCUT2D eigenvalue weighted by Crippen LogP contribution is -1.89. The first-order valence-corrected chi connectivity index (χ1v) is 5.77. The largest absolute Gasteiger partial charge is 0.207 e. The van der Waals surface area contributed by atoms with E-state index in [1.807, 2.05) is 19.2 Å². The van der Waals surface area contributed by atoms with Gasteiger partial charge in [0, 0.05) is 10.2 Å². The quantitative estimate of drug-likeness (QED) is 0.769. The predicted molar refractivity (Wildman–Crippen MR) is 56.1 cm³/mol. The van der Waals surface area contributed by atoms with Gasteiger partial charge in [0.1, 0.15) is 5.82 Å². The van der Waals surface area contributed by atoms with Gasteiger partial charge in [-0.2, -0.15) is 11.8 Å². The fraction of sp³-hybridized carbons (Fsp3) is 0.333. The second-order valence-electron chi connectivity index (χ2n) is 2.63. The van der Waals surface area contributed by atoms with E-state index < -0.39 is 0 Å². The predicted octanol–water partition coefficient (Wildman–Crippen LogP) is 3.76. The topological polar surface area (TPSA) is 0 Å². The Morgan fingerprint density at radius 2 is 2.17 bits per heavy atom. The fourth-order valence-corrected chi connectivity index (χ4v) is 1.88. The van der Waals surface area contributed by atoms with E-state index in [2.05, 4.69) is 15.9 Å². The Labute approximate surface area is 84.7 Å². The Balaban J connectivity index is 3.05. The van der Waals surface area contributed by atoms with Crippen LogP contribution in [0.15, 0.2) is 16.6 Å². The zero-order valence-corrected chi connectivity index (χ0v) is 9.43. The molecule has 0 spiro atoms. The lowest BCUT2D eigenvalue weighted by atomic mass is 10.2. The second-order valence-corrected chi connectivity index (χ2v) is 4.35. The molecule has 0 fully saturated rings. The van der Waals surface area contributed by atoms with E-state index in [9.17, 15) is 4.39 Å². The Bertz CT molecular complexity index is 286. The zero-order valence-electron chi connectivity index (χ0n) is 7.03. The molecule has 0 radical (unpaired) electrons. The molecule has 0 amide bonds. The van der Waals surface area contributed by atoms with Crippen LogP contribution in [-0.2, 0) is 5.75 Å². The fourth-order valence-electron chi connectivity index (χ4n) is 0.954. The average molecular weight is 249 g/mol. The molecule has 0 atom stereocenters. The van der Waals surface area contributed by atoms with Gasteiger partial charge in [0.05, 0.1) is 0 Å². The highest BCUT2D eigenvalue weighted by Crippen LogP contribution is 2.22. The van der Waals surface area contributed by atoms with Crippen LogP contribution in [0.3, 0.4) is 0 Å². The summed E-state index contributed by atoms with van der Waals surface area (Å²) in [6, 6.07) is 3.41. The van der Waals surface area contributed by atoms with E-state index in [0.717, 1.165) is 21.4 Å². The summed E-state index contributed by atoms with van der Waals surface area (Å²) in [5, 5.41) is 0. The van der Waals surface area contributed by atoms with Crippen molar-refractivity contribution in [3.63, 3.8) is 0 Å². The molecule has 0 unspecified atom stereocenters. The van der Waals surface area contributed by atoms with Crippen LogP contribution in [0.1, 0.15) is 11.1 Å². The standard InChI is InChI=1S/C9H10BrFS/c1-6-3-9(11)7(5-12-2)4-8(6)10/h3-4H,5H2,1-2H3. The minimum atomic E-state index is -0.106. The highest BCUT2D eigenvalue weighted by Gasteiger charge is 2.04. The molecule has 0 saturated heterocycles. The summed E-state index contributed by atoms with van der Waals surface area (Å²) in [6.07, 6.45) is 1.97. The van der Waals surface area contributed by atoms with Crippen LogP contribution >= 0.6 is 27.7 Å². The highest BCUT2D eigenvalue weighted by atomic mass is 79.9. The summed E-state index contributed by atoms with van der Waals surface area (Å²) in [5.41, 5.74) is 1.71. The van der Waals surface area contributed by atoms with Crippen LogP contribution in [0.4, 0.5) is 4.39 Å². The van der Waals surface area contributed by atoms with Gasteiger partial charge in [-0.1, -0.05) is 15.9 Å². The van der Waals surface area contributed by atoms with Crippen molar-refractivity contribution >= 4 is 27.7 Å². The molecule has 0 aliphatic carbocycles. The Kier molecular flexibility index (Phi) is 3.59. The normalized spacial score (nSPS) is 10.3. The Morgan fingerprint density at radius 3 is 2.75 bits per heavy atom. The number of hydrogen-bond acceptors (Lipinski definition) is 1. The van der Waals surface area contributed by atoms with Crippen LogP contribution < -0.4 is 0 Å². The molecule has 0 aromatic heterocycles. The maximum absolute atomic E-state index is 13.2. The van der Waals surface area contributed by atoms with Crippen molar-refractivity contribution in [2.24, 2.45) is 0 Å². The molecule has 3 heteroatoms. The highest BCUT2D eigenvalue weighted by molar-refractivity contribution is 9.10. The van der Waals surface area contributed by atoms with Gasteiger partial charge < -0.3 is 0 Å². The van der Waals surface area contributed by atoms with E-state index >= 15 is 0 Å². The number of halogens is 2. The molecule has 0 heterocycles. The molecule has 1 aromatic rings. The van der Waals surface area contributed by atoms with Gasteiger partial charge in [-0.3, -0.25) is 0 Å². The van der Waals surface area contributed by atoms with Gasteiger partial charge in [0.25, 0.3) is 0 Å². The van der Waals surface area contributed by atoms with Crippen molar-refractivity contribution in [2.75, 3.05) is 6.26 Å². The molecule has 1 aromatic carbocycles. The molecule has 0 saturated carbocycles. The van der Waals surface area contributed by atoms with E-state index in [4.69, 9.17) is 0 Å². The van der Waals surface area contributed by atoms with Gasteiger partial charge in [-0.05, 0) is 36.4 Å². The Morgan fingerprint density at radius 1 is 1.50 bits per heavy atom. The minimum absolute atomic E-state index is 0.106. The van der Waals surface area contributed by atoms with Gasteiger partial charge in [-0.25, -0.2) is 4.39 Å². The summed E-state index contributed by atoms with van der Waals surface area (Å²) in [4.78, 5) is 0. The first kappa shape index (κ1) is 10.1. The Hall–Kier alpha value is -0.0200. The SMILES string of the molecule is CSCc1cc(Br)c(C)cc1F. The molecular formula is C9H10BrFS. The van der Waals surface area contributed by atoms with Crippen LogP contribution in [0.25, 0.3) is 0 Å². The lowest BCUT2D eigenvalue weighted by molar-refractivity contribution is 0.615. The first-order chi connectivity index (χ1) is 5.65.